The highest BCUT2D eigenvalue weighted by atomic mass is 16.6. The van der Waals surface area contributed by atoms with Gasteiger partial charge in [0.15, 0.2) is 0 Å². The maximum Gasteiger partial charge on any atom is 0.273 e. The monoisotopic (exact) mass is 265 g/mol. The molecule has 1 heterocycles. The Morgan fingerprint density at radius 1 is 1.42 bits per heavy atom. The van der Waals surface area contributed by atoms with Crippen molar-refractivity contribution in [3.05, 3.63) is 28.3 Å². The van der Waals surface area contributed by atoms with Gasteiger partial charge in [-0.3, -0.25) is 10.1 Å². The molecule has 0 unspecified atom stereocenters. The van der Waals surface area contributed by atoms with E-state index in [4.69, 9.17) is 4.74 Å². The van der Waals surface area contributed by atoms with E-state index in [9.17, 15) is 10.1 Å². The molecule has 1 aliphatic heterocycles. The average Bonchev–Trinajstić information content (AvgIpc) is 2.37. The summed E-state index contributed by atoms with van der Waals surface area (Å²) >= 11 is 0. The van der Waals surface area contributed by atoms with Crippen LogP contribution in [0.4, 0.5) is 17.1 Å². The van der Waals surface area contributed by atoms with Crippen LogP contribution in [0.2, 0.25) is 0 Å². The van der Waals surface area contributed by atoms with Crippen LogP contribution in [0.3, 0.4) is 0 Å². The van der Waals surface area contributed by atoms with Gasteiger partial charge in [-0.2, -0.15) is 0 Å². The van der Waals surface area contributed by atoms with E-state index >= 15 is 0 Å². The number of benzene rings is 1. The lowest BCUT2D eigenvalue weighted by Gasteiger charge is -2.39. The first kappa shape index (κ1) is 13.6. The maximum absolute atomic E-state index is 11.0. The van der Waals surface area contributed by atoms with Gasteiger partial charge in [0, 0.05) is 43.6 Å². The SMILES string of the molecule is CNc1cc(N2CCOC(C)(C)C2)cc([N+](=O)[O-])c1. The van der Waals surface area contributed by atoms with Crippen molar-refractivity contribution in [2.45, 2.75) is 19.4 Å². The minimum Gasteiger partial charge on any atom is -0.388 e. The van der Waals surface area contributed by atoms with Gasteiger partial charge >= 0.3 is 0 Å². The normalized spacial score (nSPS) is 18.2. The summed E-state index contributed by atoms with van der Waals surface area (Å²) in [6, 6.07) is 5.08. The van der Waals surface area contributed by atoms with E-state index in [1.165, 1.54) is 6.07 Å². The molecule has 19 heavy (non-hydrogen) atoms. The number of nitro benzene ring substituents is 1. The fourth-order valence-corrected chi connectivity index (χ4v) is 2.26. The van der Waals surface area contributed by atoms with E-state index in [2.05, 4.69) is 10.2 Å². The summed E-state index contributed by atoms with van der Waals surface area (Å²) in [5.41, 5.74) is 1.47. The van der Waals surface area contributed by atoms with Gasteiger partial charge in [0.2, 0.25) is 0 Å². The Hall–Kier alpha value is -1.82. The molecule has 0 aromatic heterocycles. The maximum atomic E-state index is 11.0. The van der Waals surface area contributed by atoms with Crippen LogP contribution >= 0.6 is 0 Å². The second kappa shape index (κ2) is 5.05. The molecule has 1 fully saturated rings. The number of anilines is 2. The number of hydrogen-bond acceptors (Lipinski definition) is 5. The van der Waals surface area contributed by atoms with Crippen molar-refractivity contribution in [2.75, 3.05) is 37.0 Å². The molecule has 1 aliphatic rings. The molecule has 0 saturated carbocycles. The minimum atomic E-state index is -0.365. The van der Waals surface area contributed by atoms with Crippen molar-refractivity contribution in [2.24, 2.45) is 0 Å². The number of rotatable bonds is 3. The molecule has 1 aromatic rings. The van der Waals surface area contributed by atoms with E-state index in [-0.39, 0.29) is 16.2 Å². The first-order valence-corrected chi connectivity index (χ1v) is 6.27. The second-order valence-electron chi connectivity index (χ2n) is 5.27. The van der Waals surface area contributed by atoms with Crippen LogP contribution in [0.15, 0.2) is 18.2 Å². The van der Waals surface area contributed by atoms with Crippen molar-refractivity contribution in [3.63, 3.8) is 0 Å². The zero-order valence-corrected chi connectivity index (χ0v) is 11.5. The molecule has 0 spiro atoms. The van der Waals surface area contributed by atoms with Crippen LogP contribution in [0, 0.1) is 10.1 Å². The quantitative estimate of drug-likeness (QED) is 0.670. The Kier molecular flexibility index (Phi) is 3.61. The number of hydrogen-bond donors (Lipinski definition) is 1. The van der Waals surface area contributed by atoms with Gasteiger partial charge in [-0.25, -0.2) is 0 Å². The van der Waals surface area contributed by atoms with Gasteiger partial charge in [-0.15, -0.1) is 0 Å². The molecule has 0 amide bonds. The predicted octanol–water partition coefficient (Wildman–Crippen LogP) is 2.25. The van der Waals surface area contributed by atoms with Crippen molar-refractivity contribution in [1.29, 1.82) is 0 Å². The fraction of sp³-hybridized carbons (Fsp3) is 0.538. The van der Waals surface area contributed by atoms with E-state index in [0.29, 0.717) is 6.61 Å². The summed E-state index contributed by atoms with van der Waals surface area (Å²) in [4.78, 5) is 12.7. The first-order valence-electron chi connectivity index (χ1n) is 6.27. The Bertz CT molecular complexity index is 488. The Labute approximate surface area is 112 Å². The fourth-order valence-electron chi connectivity index (χ4n) is 2.26. The lowest BCUT2D eigenvalue weighted by atomic mass is 10.1. The topological polar surface area (TPSA) is 67.6 Å². The lowest BCUT2D eigenvalue weighted by molar-refractivity contribution is -0.384. The van der Waals surface area contributed by atoms with Crippen molar-refractivity contribution >= 4 is 17.1 Å². The number of morpholine rings is 1. The molecule has 0 atom stereocenters. The number of nitrogens with zero attached hydrogens (tertiary/aromatic N) is 2. The summed E-state index contributed by atoms with van der Waals surface area (Å²) in [6.07, 6.45) is 0. The molecule has 1 aromatic carbocycles. The number of nitro groups is 1. The Morgan fingerprint density at radius 2 is 2.16 bits per heavy atom. The van der Waals surface area contributed by atoms with E-state index < -0.39 is 0 Å². The van der Waals surface area contributed by atoms with Crippen LogP contribution in [-0.4, -0.2) is 37.3 Å². The van der Waals surface area contributed by atoms with Gasteiger partial charge in [-0.1, -0.05) is 0 Å². The summed E-state index contributed by atoms with van der Waals surface area (Å²) in [7, 11) is 1.76. The molecule has 104 valence electrons. The first-order chi connectivity index (χ1) is 8.91. The highest BCUT2D eigenvalue weighted by Gasteiger charge is 2.28. The molecule has 1 N–H and O–H groups in total. The lowest BCUT2D eigenvalue weighted by Crippen LogP contribution is -2.48. The molecule has 0 aliphatic carbocycles. The van der Waals surface area contributed by atoms with Crippen LogP contribution in [0.5, 0.6) is 0 Å². The second-order valence-corrected chi connectivity index (χ2v) is 5.27. The smallest absolute Gasteiger partial charge is 0.273 e. The van der Waals surface area contributed by atoms with Gasteiger partial charge in [-0.05, 0) is 19.9 Å². The standard InChI is InChI=1S/C13H19N3O3/c1-13(2)9-15(4-5-19-13)11-6-10(14-3)7-12(8-11)16(17)18/h6-8,14H,4-5,9H2,1-3H3. The molecular weight excluding hydrogens is 246 g/mol. The Morgan fingerprint density at radius 3 is 2.74 bits per heavy atom. The third-order valence-corrected chi connectivity index (χ3v) is 3.19. The van der Waals surface area contributed by atoms with Crippen molar-refractivity contribution < 1.29 is 9.66 Å². The summed E-state index contributed by atoms with van der Waals surface area (Å²) in [6.45, 7) is 6.14. The molecule has 6 heteroatoms. The highest BCUT2D eigenvalue weighted by Crippen LogP contribution is 2.29. The number of non-ortho nitro benzene ring substituents is 1. The van der Waals surface area contributed by atoms with Gasteiger partial charge < -0.3 is 15.0 Å². The van der Waals surface area contributed by atoms with Gasteiger partial charge in [0.05, 0.1) is 17.1 Å². The van der Waals surface area contributed by atoms with Crippen LogP contribution < -0.4 is 10.2 Å². The molecule has 2 rings (SSSR count). The third kappa shape index (κ3) is 3.14. The molecule has 1 saturated heterocycles. The summed E-state index contributed by atoms with van der Waals surface area (Å²) < 4.78 is 5.66. The average molecular weight is 265 g/mol. The highest BCUT2D eigenvalue weighted by molar-refractivity contribution is 5.64. The van der Waals surface area contributed by atoms with Crippen molar-refractivity contribution in [3.8, 4) is 0 Å². The number of ether oxygens (including phenoxy) is 1. The van der Waals surface area contributed by atoms with Gasteiger partial charge in [0.1, 0.15) is 0 Å². The minimum absolute atomic E-state index is 0.103. The molecule has 0 bridgehead atoms. The zero-order chi connectivity index (χ0) is 14.0. The molecule has 0 radical (unpaired) electrons. The predicted molar refractivity (Wildman–Crippen MR) is 74.9 cm³/mol. The van der Waals surface area contributed by atoms with Crippen molar-refractivity contribution in [1.82, 2.24) is 0 Å². The summed E-state index contributed by atoms with van der Waals surface area (Å²) in [5.74, 6) is 0. The summed E-state index contributed by atoms with van der Waals surface area (Å²) in [5, 5.41) is 13.9. The number of nitrogens with one attached hydrogen (secondary N) is 1. The van der Waals surface area contributed by atoms with E-state index in [1.54, 1.807) is 13.1 Å². The molecular formula is C13H19N3O3. The van der Waals surface area contributed by atoms with E-state index in [0.717, 1.165) is 24.5 Å². The van der Waals surface area contributed by atoms with E-state index in [1.807, 2.05) is 19.9 Å². The van der Waals surface area contributed by atoms with Crippen LogP contribution in [-0.2, 0) is 4.74 Å². The van der Waals surface area contributed by atoms with Crippen LogP contribution in [0.1, 0.15) is 13.8 Å². The third-order valence-electron chi connectivity index (χ3n) is 3.19. The van der Waals surface area contributed by atoms with Crippen LogP contribution in [0.25, 0.3) is 0 Å². The van der Waals surface area contributed by atoms with Gasteiger partial charge in [0.25, 0.3) is 5.69 Å². The zero-order valence-electron chi connectivity index (χ0n) is 11.5. The Balaban J connectivity index is 2.33. The molecule has 6 nitrogen and oxygen atoms in total. The largest absolute Gasteiger partial charge is 0.388 e.